The Morgan fingerprint density at radius 2 is 1.84 bits per heavy atom. The first-order valence-electron chi connectivity index (χ1n) is 17.4. The minimum absolute atomic E-state index is 0.0795. The maximum Gasteiger partial charge on any atom is 0.274 e. The van der Waals surface area contributed by atoms with Crippen molar-refractivity contribution < 1.29 is 36.7 Å². The van der Waals surface area contributed by atoms with Crippen LogP contribution in [0.3, 0.4) is 0 Å². The van der Waals surface area contributed by atoms with Gasteiger partial charge >= 0.3 is 0 Å². The fraction of sp³-hybridized carbons (Fsp3) is 0.543. The van der Waals surface area contributed by atoms with Crippen LogP contribution in [0.4, 0.5) is 10.1 Å². The highest BCUT2D eigenvalue weighted by Gasteiger charge is 2.62. The average molecular weight is 728 g/mol. The molecule has 0 radical (unpaired) electrons. The summed E-state index contributed by atoms with van der Waals surface area (Å²) in [7, 11) is -2.27. The molecule has 4 fully saturated rings. The van der Waals surface area contributed by atoms with Gasteiger partial charge in [0.1, 0.15) is 35.3 Å². The maximum atomic E-state index is 14.5. The molecule has 268 valence electrons. The van der Waals surface area contributed by atoms with Gasteiger partial charge in [-0.25, -0.2) is 17.8 Å². The zero-order valence-corrected chi connectivity index (χ0v) is 29.5. The Morgan fingerprint density at radius 3 is 2.62 bits per heavy atom. The summed E-state index contributed by atoms with van der Waals surface area (Å²) in [6.45, 7) is 0.0795. The number of sulfonamides is 1. The summed E-state index contributed by atoms with van der Waals surface area (Å²) in [5.41, 5.74) is -0.101. The number of benzene rings is 2. The smallest absolute Gasteiger partial charge is 0.274 e. The van der Waals surface area contributed by atoms with Crippen molar-refractivity contribution in [2.45, 2.75) is 99.6 Å². The van der Waals surface area contributed by atoms with E-state index in [9.17, 15) is 27.2 Å². The van der Waals surface area contributed by atoms with Gasteiger partial charge in [0, 0.05) is 18.2 Å². The van der Waals surface area contributed by atoms with Gasteiger partial charge in [0.25, 0.3) is 11.1 Å². The Balaban J connectivity index is 1.18. The molecule has 2 aromatic carbocycles. The molecular weight excluding hydrogens is 686 g/mol. The first kappa shape index (κ1) is 34.5. The van der Waals surface area contributed by atoms with Crippen molar-refractivity contribution in [3.05, 3.63) is 48.3 Å². The quantitative estimate of drug-likeness (QED) is 0.304. The van der Waals surface area contributed by atoms with Crippen LogP contribution in [0.2, 0.25) is 0 Å². The Labute approximate surface area is 294 Å². The van der Waals surface area contributed by atoms with Crippen LogP contribution in [0.1, 0.15) is 70.6 Å². The summed E-state index contributed by atoms with van der Waals surface area (Å²) in [5, 5.41) is 6.02. The average Bonchev–Trinajstić information content (AvgIpc) is 3.98. The largest absolute Gasteiger partial charge is 0.497 e. The van der Waals surface area contributed by atoms with E-state index in [-0.39, 0.29) is 24.8 Å². The van der Waals surface area contributed by atoms with Crippen LogP contribution in [-0.4, -0.2) is 78.7 Å². The van der Waals surface area contributed by atoms with Crippen LogP contribution >= 0.6 is 11.3 Å². The molecule has 3 heterocycles. The predicted molar refractivity (Wildman–Crippen MR) is 186 cm³/mol. The summed E-state index contributed by atoms with van der Waals surface area (Å²) in [4.78, 5) is 48.4. The van der Waals surface area contributed by atoms with E-state index in [1.54, 1.807) is 13.2 Å². The maximum absolute atomic E-state index is 14.5. The van der Waals surface area contributed by atoms with Gasteiger partial charge in [0.2, 0.25) is 21.8 Å². The first-order chi connectivity index (χ1) is 24.0. The third kappa shape index (κ3) is 7.39. The number of aromatic nitrogens is 1. The number of ether oxygens (including phenoxy) is 2. The number of thiazole rings is 1. The van der Waals surface area contributed by atoms with Gasteiger partial charge < -0.3 is 25.0 Å². The van der Waals surface area contributed by atoms with Crippen molar-refractivity contribution in [2.75, 3.05) is 19.0 Å². The highest BCUT2D eigenvalue weighted by atomic mass is 32.2. The molecule has 3 aromatic rings. The Hall–Kier alpha value is -3.98. The van der Waals surface area contributed by atoms with Crippen LogP contribution in [-0.2, 0) is 24.4 Å². The molecule has 5 atom stereocenters. The molecule has 2 saturated heterocycles. The van der Waals surface area contributed by atoms with E-state index >= 15 is 0 Å². The monoisotopic (exact) mass is 727 g/mol. The molecule has 2 aliphatic carbocycles. The lowest BCUT2D eigenvalue weighted by Crippen LogP contribution is -2.57. The second-order valence-electron chi connectivity index (χ2n) is 13.9. The van der Waals surface area contributed by atoms with E-state index in [0.29, 0.717) is 59.0 Å². The van der Waals surface area contributed by atoms with Crippen LogP contribution in [0.15, 0.2) is 42.5 Å². The summed E-state index contributed by atoms with van der Waals surface area (Å²) in [5.74, 6) is -1.51. The van der Waals surface area contributed by atoms with E-state index in [2.05, 4.69) is 20.3 Å². The topological polar surface area (TPSA) is 156 Å². The van der Waals surface area contributed by atoms with Gasteiger partial charge in [-0.1, -0.05) is 49.5 Å². The van der Waals surface area contributed by atoms with E-state index < -0.39 is 56.6 Å². The number of carbonyl (C=O) groups excluding carboxylic acids is 3. The molecule has 50 heavy (non-hydrogen) atoms. The molecule has 3 amide bonds. The number of methoxy groups -OCH3 is 1. The SMILES string of the molecule is COc1cccc(N[C@H]2CCCCCCC[C@@H]3C[C@@]3(C(=O)NS(=O)(=O)C3CC3)NC(=O)[C@@H]3C[C@@H](Oc4nc5ccc(F)cc5s4)CN3C2=O)c1. The number of halogens is 1. The molecular formula is C35H42FN5O7S2. The predicted octanol–water partition coefficient (Wildman–Crippen LogP) is 4.50. The fourth-order valence-corrected chi connectivity index (χ4v) is 9.51. The Bertz CT molecular complexity index is 1890. The minimum Gasteiger partial charge on any atom is -0.497 e. The molecule has 12 nitrogen and oxygen atoms in total. The lowest BCUT2D eigenvalue weighted by molar-refractivity contribution is -0.140. The number of rotatable bonds is 8. The van der Waals surface area contributed by atoms with Gasteiger partial charge in [-0.2, -0.15) is 0 Å². The molecule has 4 aliphatic rings. The zero-order valence-electron chi connectivity index (χ0n) is 27.9. The van der Waals surface area contributed by atoms with E-state index in [0.717, 1.165) is 32.1 Å². The standard InChI is InChI=1S/C35H42FN5O7S2/c1-47-24-10-7-9-23(17-24)37-28-11-6-4-2-3-5-8-21-19-35(21,33(44)40-50(45,46)26-13-14-26)39-31(42)29-18-25(20-41(29)32(28)43)48-34-38-27-15-12-22(36)16-30(27)49-34/h7,9-10,12,15-17,21,25-26,28-29,37H,2-6,8,11,13-14,18-20H2,1H3,(H,39,42)(H,40,44)/t21-,25-,28+,29+,35-/m1/s1. The molecule has 3 N–H and O–H groups in total. The van der Waals surface area contributed by atoms with E-state index in [1.807, 2.05) is 24.3 Å². The Morgan fingerprint density at radius 1 is 1.06 bits per heavy atom. The van der Waals surface area contributed by atoms with Gasteiger partial charge in [-0.3, -0.25) is 19.1 Å². The highest BCUT2D eigenvalue weighted by Crippen LogP contribution is 2.48. The molecule has 2 saturated carbocycles. The molecule has 15 heteroatoms. The Kier molecular flexibility index (Phi) is 9.63. The summed E-state index contributed by atoms with van der Waals surface area (Å²) >= 11 is 1.18. The summed E-state index contributed by atoms with van der Waals surface area (Å²) in [6.07, 6.45) is 6.45. The van der Waals surface area contributed by atoms with Crippen molar-refractivity contribution in [3.8, 4) is 10.9 Å². The van der Waals surface area contributed by atoms with Crippen molar-refractivity contribution in [3.63, 3.8) is 0 Å². The van der Waals surface area contributed by atoms with Crippen molar-refractivity contribution in [1.29, 1.82) is 0 Å². The lowest BCUT2D eigenvalue weighted by Gasteiger charge is -2.30. The number of fused-ring (bicyclic) bond motifs is 3. The third-order valence-electron chi connectivity index (χ3n) is 10.3. The zero-order chi connectivity index (χ0) is 35.0. The van der Waals surface area contributed by atoms with Crippen LogP contribution in [0.25, 0.3) is 10.2 Å². The summed E-state index contributed by atoms with van der Waals surface area (Å²) in [6, 6.07) is 9.92. The van der Waals surface area contributed by atoms with Crippen LogP contribution in [0, 0.1) is 11.7 Å². The van der Waals surface area contributed by atoms with Gasteiger partial charge in [0.15, 0.2) is 0 Å². The number of anilines is 1. The highest BCUT2D eigenvalue weighted by molar-refractivity contribution is 7.91. The number of amides is 3. The van der Waals surface area contributed by atoms with Gasteiger partial charge in [-0.15, -0.1) is 0 Å². The van der Waals surface area contributed by atoms with Gasteiger partial charge in [-0.05, 0) is 68.4 Å². The molecule has 0 spiro atoms. The van der Waals surface area contributed by atoms with Crippen LogP contribution < -0.4 is 24.8 Å². The normalized spacial score (nSPS) is 27.7. The number of hydrogen-bond donors (Lipinski definition) is 3. The lowest BCUT2D eigenvalue weighted by atomic mass is 10.0. The van der Waals surface area contributed by atoms with Crippen molar-refractivity contribution in [1.82, 2.24) is 19.9 Å². The minimum atomic E-state index is -3.84. The van der Waals surface area contributed by atoms with Crippen LogP contribution in [0.5, 0.6) is 10.9 Å². The number of hydrogen-bond acceptors (Lipinski definition) is 10. The van der Waals surface area contributed by atoms with Crippen molar-refractivity contribution in [2.24, 2.45) is 5.92 Å². The fourth-order valence-electron chi connectivity index (χ4n) is 7.24. The summed E-state index contributed by atoms with van der Waals surface area (Å²) < 4.78 is 54.0. The molecule has 2 aliphatic heterocycles. The van der Waals surface area contributed by atoms with E-state index in [4.69, 9.17) is 9.47 Å². The van der Waals surface area contributed by atoms with Gasteiger partial charge in [0.05, 0.1) is 29.1 Å². The molecule has 0 unspecified atom stereocenters. The second-order valence-corrected chi connectivity index (χ2v) is 16.8. The molecule has 1 aromatic heterocycles. The second kappa shape index (κ2) is 14.0. The molecule has 7 rings (SSSR count). The third-order valence-corrected chi connectivity index (χ3v) is 13.0. The number of nitrogens with one attached hydrogen (secondary N) is 3. The number of carbonyl (C=O) groups is 3. The first-order valence-corrected chi connectivity index (χ1v) is 19.7. The molecule has 0 bridgehead atoms. The van der Waals surface area contributed by atoms with E-state index in [1.165, 1.54) is 28.4 Å². The number of nitrogens with zero attached hydrogens (tertiary/aromatic N) is 2. The van der Waals surface area contributed by atoms with Crippen molar-refractivity contribution >= 4 is 55.0 Å².